The summed E-state index contributed by atoms with van der Waals surface area (Å²) in [5.74, 6) is 0.577. The van der Waals surface area contributed by atoms with E-state index in [1.165, 1.54) is 19.5 Å². The number of rotatable bonds is 4. The molecule has 1 aromatic carbocycles. The summed E-state index contributed by atoms with van der Waals surface area (Å²) in [4.78, 5) is 30.5. The number of aromatic nitrogens is 2. The minimum atomic E-state index is -0.290. The number of carbonyl (C=O) groups excluding carboxylic acids is 1. The fourth-order valence-electron chi connectivity index (χ4n) is 3.19. The van der Waals surface area contributed by atoms with Crippen LogP contribution in [0.5, 0.6) is 5.75 Å². The summed E-state index contributed by atoms with van der Waals surface area (Å²) in [6.07, 6.45) is 2.87. The normalized spacial score (nSPS) is 19.2. The number of amides is 1. The third-order valence-corrected chi connectivity index (χ3v) is 4.80. The van der Waals surface area contributed by atoms with Gasteiger partial charge in [-0.25, -0.2) is 4.98 Å². The predicted octanol–water partition coefficient (Wildman–Crippen LogP) is 2.85. The predicted molar refractivity (Wildman–Crippen MR) is 95.9 cm³/mol. The molecule has 1 aliphatic rings. The van der Waals surface area contributed by atoms with Crippen molar-refractivity contribution in [3.63, 3.8) is 0 Å². The average Bonchev–Trinajstić information content (AvgIpc) is 3.00. The number of fused-ring (bicyclic) bond motifs is 1. The maximum atomic E-state index is 12.5. The van der Waals surface area contributed by atoms with Crippen molar-refractivity contribution in [2.75, 3.05) is 7.11 Å². The number of halogens is 1. The van der Waals surface area contributed by atoms with Gasteiger partial charge in [-0.2, -0.15) is 0 Å². The summed E-state index contributed by atoms with van der Waals surface area (Å²) in [5, 5.41) is 4.16. The number of aromatic amines is 1. The van der Waals surface area contributed by atoms with Gasteiger partial charge in [-0.1, -0.05) is 11.6 Å². The van der Waals surface area contributed by atoms with Crippen LogP contribution in [-0.4, -0.2) is 29.0 Å². The standard InChI is InChI=1S/C18H16ClN3O4/c1-25-14-6-11(19)2-10-5-15(26-17(10)14)18(24)22-12-3-9(4-12)13-7-16(23)21-8-20-13/h2,5-9,12H,3-4H2,1H3,(H,22,24)(H,20,21,23). The van der Waals surface area contributed by atoms with E-state index in [9.17, 15) is 9.59 Å². The lowest BCUT2D eigenvalue weighted by molar-refractivity contribution is 0.0882. The molecule has 7 nitrogen and oxygen atoms in total. The van der Waals surface area contributed by atoms with Gasteiger partial charge in [0, 0.05) is 34.5 Å². The van der Waals surface area contributed by atoms with Gasteiger partial charge in [-0.3, -0.25) is 9.59 Å². The fraction of sp³-hybridized carbons (Fsp3) is 0.278. The Balaban J connectivity index is 1.45. The summed E-state index contributed by atoms with van der Waals surface area (Å²) < 4.78 is 10.9. The zero-order valence-electron chi connectivity index (χ0n) is 13.9. The number of hydrogen-bond donors (Lipinski definition) is 2. The zero-order chi connectivity index (χ0) is 18.3. The molecule has 26 heavy (non-hydrogen) atoms. The molecule has 0 saturated heterocycles. The van der Waals surface area contributed by atoms with Crippen LogP contribution in [0, 0.1) is 0 Å². The summed E-state index contributed by atoms with van der Waals surface area (Å²) in [6.45, 7) is 0. The van der Waals surface area contributed by atoms with E-state index in [0.29, 0.717) is 21.7 Å². The molecule has 1 saturated carbocycles. The molecule has 8 heteroatoms. The second-order valence-electron chi connectivity index (χ2n) is 6.31. The molecule has 2 aromatic heterocycles. The highest BCUT2D eigenvalue weighted by molar-refractivity contribution is 6.31. The van der Waals surface area contributed by atoms with Crippen LogP contribution < -0.4 is 15.6 Å². The smallest absolute Gasteiger partial charge is 0.287 e. The molecular formula is C18H16ClN3O4. The molecule has 0 atom stereocenters. The quantitative estimate of drug-likeness (QED) is 0.732. The molecule has 4 rings (SSSR count). The average molecular weight is 374 g/mol. The molecular weight excluding hydrogens is 358 g/mol. The minimum absolute atomic E-state index is 0.0206. The van der Waals surface area contributed by atoms with Gasteiger partial charge in [0.05, 0.1) is 19.1 Å². The van der Waals surface area contributed by atoms with Crippen LogP contribution in [0.4, 0.5) is 0 Å². The molecule has 2 heterocycles. The number of nitrogens with zero attached hydrogens (tertiary/aromatic N) is 1. The Kier molecular flexibility index (Phi) is 4.16. The van der Waals surface area contributed by atoms with Crippen LogP contribution in [0.25, 0.3) is 11.0 Å². The highest BCUT2D eigenvalue weighted by atomic mass is 35.5. The molecule has 1 aliphatic carbocycles. The third-order valence-electron chi connectivity index (χ3n) is 4.58. The van der Waals surface area contributed by atoms with Crippen LogP contribution in [0.2, 0.25) is 5.02 Å². The maximum Gasteiger partial charge on any atom is 0.287 e. The van der Waals surface area contributed by atoms with Gasteiger partial charge in [0.25, 0.3) is 11.5 Å². The van der Waals surface area contributed by atoms with Crippen LogP contribution in [0.3, 0.4) is 0 Å². The monoisotopic (exact) mass is 373 g/mol. The van der Waals surface area contributed by atoms with Gasteiger partial charge >= 0.3 is 0 Å². The van der Waals surface area contributed by atoms with Crippen molar-refractivity contribution in [2.45, 2.75) is 24.8 Å². The van der Waals surface area contributed by atoms with E-state index in [-0.39, 0.29) is 29.2 Å². The van der Waals surface area contributed by atoms with E-state index in [2.05, 4.69) is 15.3 Å². The Labute approximate surface area is 153 Å². The van der Waals surface area contributed by atoms with E-state index in [0.717, 1.165) is 18.5 Å². The minimum Gasteiger partial charge on any atom is -0.493 e. The molecule has 0 aliphatic heterocycles. The molecule has 0 radical (unpaired) electrons. The lowest BCUT2D eigenvalue weighted by Crippen LogP contribution is -2.43. The first kappa shape index (κ1) is 16.7. The summed E-state index contributed by atoms with van der Waals surface area (Å²) >= 11 is 6.04. The Morgan fingerprint density at radius 1 is 1.35 bits per heavy atom. The van der Waals surface area contributed by atoms with Gasteiger partial charge < -0.3 is 19.5 Å². The highest BCUT2D eigenvalue weighted by Gasteiger charge is 2.33. The van der Waals surface area contributed by atoms with E-state index >= 15 is 0 Å². The van der Waals surface area contributed by atoms with Crippen LogP contribution in [-0.2, 0) is 0 Å². The lowest BCUT2D eigenvalue weighted by Gasteiger charge is -2.35. The number of furan rings is 1. The topological polar surface area (TPSA) is 97.2 Å². The molecule has 134 valence electrons. The van der Waals surface area contributed by atoms with Gasteiger partial charge in [0.1, 0.15) is 0 Å². The number of hydrogen-bond acceptors (Lipinski definition) is 5. The van der Waals surface area contributed by atoms with Crippen molar-refractivity contribution >= 4 is 28.5 Å². The van der Waals surface area contributed by atoms with Crippen molar-refractivity contribution in [3.05, 3.63) is 57.4 Å². The number of methoxy groups -OCH3 is 1. The Morgan fingerprint density at radius 3 is 2.88 bits per heavy atom. The third kappa shape index (κ3) is 3.06. The first-order chi connectivity index (χ1) is 12.5. The van der Waals surface area contributed by atoms with Crippen LogP contribution in [0.1, 0.15) is 35.0 Å². The molecule has 0 bridgehead atoms. The molecule has 0 unspecified atom stereocenters. The maximum absolute atomic E-state index is 12.5. The number of nitrogens with one attached hydrogen (secondary N) is 2. The second-order valence-corrected chi connectivity index (χ2v) is 6.75. The molecule has 1 amide bonds. The number of benzene rings is 1. The molecule has 2 N–H and O–H groups in total. The molecule has 1 fully saturated rings. The second kappa shape index (κ2) is 6.49. The van der Waals surface area contributed by atoms with E-state index in [1.54, 1.807) is 18.2 Å². The SMILES string of the molecule is COc1cc(Cl)cc2cc(C(=O)NC3CC(c4cc(=O)[nH]cn4)C3)oc12. The van der Waals surface area contributed by atoms with Crippen molar-refractivity contribution < 1.29 is 13.9 Å². The number of carbonyl (C=O) groups is 1. The number of ether oxygens (including phenoxy) is 1. The first-order valence-corrected chi connectivity index (χ1v) is 8.54. The van der Waals surface area contributed by atoms with Crippen molar-refractivity contribution in [2.24, 2.45) is 0 Å². The lowest BCUT2D eigenvalue weighted by atomic mass is 9.78. The Bertz CT molecular complexity index is 1040. The highest BCUT2D eigenvalue weighted by Crippen LogP contribution is 2.36. The van der Waals surface area contributed by atoms with Gasteiger partial charge in [0.2, 0.25) is 0 Å². The largest absolute Gasteiger partial charge is 0.493 e. The van der Waals surface area contributed by atoms with E-state index < -0.39 is 0 Å². The van der Waals surface area contributed by atoms with Gasteiger partial charge in [0.15, 0.2) is 17.1 Å². The molecule has 3 aromatic rings. The summed E-state index contributed by atoms with van der Waals surface area (Å²) in [5.41, 5.74) is 1.07. The zero-order valence-corrected chi connectivity index (χ0v) is 14.7. The Hall–Kier alpha value is -2.80. The number of H-pyrrole nitrogens is 1. The van der Waals surface area contributed by atoms with Crippen molar-refractivity contribution in [1.82, 2.24) is 15.3 Å². The summed E-state index contributed by atoms with van der Waals surface area (Å²) in [7, 11) is 1.52. The first-order valence-electron chi connectivity index (χ1n) is 8.16. The van der Waals surface area contributed by atoms with E-state index in [1.807, 2.05) is 0 Å². The van der Waals surface area contributed by atoms with Crippen molar-refractivity contribution in [3.8, 4) is 5.75 Å². The van der Waals surface area contributed by atoms with E-state index in [4.69, 9.17) is 20.8 Å². The molecule has 0 spiro atoms. The summed E-state index contributed by atoms with van der Waals surface area (Å²) in [6, 6.07) is 6.52. The van der Waals surface area contributed by atoms with Gasteiger partial charge in [-0.15, -0.1) is 0 Å². The van der Waals surface area contributed by atoms with Crippen LogP contribution >= 0.6 is 11.6 Å². The van der Waals surface area contributed by atoms with Crippen LogP contribution in [0.15, 0.2) is 39.8 Å². The van der Waals surface area contributed by atoms with Crippen molar-refractivity contribution in [1.29, 1.82) is 0 Å². The Morgan fingerprint density at radius 2 is 2.15 bits per heavy atom. The van der Waals surface area contributed by atoms with Gasteiger partial charge in [-0.05, 0) is 25.0 Å². The fourth-order valence-corrected chi connectivity index (χ4v) is 3.41.